The fraction of sp³-hybridized carbons (Fsp3) is 0.296. The van der Waals surface area contributed by atoms with Gasteiger partial charge in [0, 0.05) is 10.8 Å². The summed E-state index contributed by atoms with van der Waals surface area (Å²) in [5.41, 5.74) is -0.979. The molecule has 0 radical (unpaired) electrons. The first-order chi connectivity index (χ1) is 20.4. The van der Waals surface area contributed by atoms with Gasteiger partial charge in [-0.1, -0.05) is 41.3 Å². The Kier molecular flexibility index (Phi) is 8.25. The number of carbonyl (C=O) groups excluding carboxylic acids is 3. The molecule has 3 N–H and O–H groups in total. The number of aromatic amines is 1. The monoisotopic (exact) mass is 637 g/mol. The lowest BCUT2D eigenvalue weighted by molar-refractivity contribution is -0.149. The number of imide groups is 1. The number of nitrogens with one attached hydrogen (secondary N) is 2. The number of benzene rings is 2. The number of thiazole rings is 1. The lowest BCUT2D eigenvalue weighted by Crippen LogP contribution is -2.36. The summed E-state index contributed by atoms with van der Waals surface area (Å²) < 4.78 is 51.1. The SMILES string of the molecule is CCOc1cc([C@@H]2c3sc(=O)[nH]c3SC3C(=O)N(CC(=O)O)C(=O)C32)ccc1OCC(=O)Nc1ccccc1C(F)(F)F. The number of amides is 3. The molecule has 1 fully saturated rings. The molecule has 1 aromatic heterocycles. The van der Waals surface area contributed by atoms with Gasteiger partial charge >= 0.3 is 17.0 Å². The van der Waals surface area contributed by atoms with E-state index in [2.05, 4.69) is 10.3 Å². The molecule has 3 aromatic rings. The molecule has 2 aliphatic rings. The highest BCUT2D eigenvalue weighted by atomic mass is 32.2. The quantitative estimate of drug-likeness (QED) is 0.299. The fourth-order valence-corrected chi connectivity index (χ4v) is 7.54. The van der Waals surface area contributed by atoms with Crippen molar-refractivity contribution in [3.05, 3.63) is 68.1 Å². The van der Waals surface area contributed by atoms with Crippen molar-refractivity contribution in [2.24, 2.45) is 5.92 Å². The van der Waals surface area contributed by atoms with E-state index in [1.54, 1.807) is 13.0 Å². The average Bonchev–Trinajstić information content (AvgIpc) is 3.42. The number of H-pyrrole nitrogens is 1. The third-order valence-corrected chi connectivity index (χ3v) is 9.10. The Labute approximate surface area is 249 Å². The van der Waals surface area contributed by atoms with Crippen LogP contribution in [0.5, 0.6) is 11.5 Å². The maximum absolute atomic E-state index is 13.4. The van der Waals surface area contributed by atoms with Gasteiger partial charge in [-0.15, -0.1) is 0 Å². The van der Waals surface area contributed by atoms with Crippen LogP contribution in [0.4, 0.5) is 18.9 Å². The largest absolute Gasteiger partial charge is 0.490 e. The zero-order chi connectivity index (χ0) is 31.1. The Morgan fingerprint density at radius 1 is 1.07 bits per heavy atom. The number of likely N-dealkylation sites (tertiary alicyclic amines) is 1. The standard InChI is InChI=1S/C27H22F3N3O8S2/c1-2-40-16-9-12(7-8-15(16)41-11-17(34)31-14-6-4-3-5-13(14)27(28,29)30)19-20-22(42-23-21(19)43-26(39)32-23)25(38)33(24(20)37)10-18(35)36/h3-9,19-20,22H,2,10-11H2,1H3,(H,31,34)(H,32,39)(H,35,36)/t19-,20?,22?/m0/s1. The second-order valence-electron chi connectivity index (χ2n) is 9.43. The van der Waals surface area contributed by atoms with Gasteiger partial charge in [0.1, 0.15) is 11.8 Å². The van der Waals surface area contributed by atoms with Crippen molar-refractivity contribution in [2.45, 2.75) is 29.3 Å². The number of nitrogens with zero attached hydrogens (tertiary/aromatic N) is 1. The first-order valence-corrected chi connectivity index (χ1v) is 14.4. The minimum absolute atomic E-state index is 0.0791. The summed E-state index contributed by atoms with van der Waals surface area (Å²) >= 11 is 1.87. The van der Waals surface area contributed by atoms with E-state index in [1.807, 2.05) is 0 Å². The Morgan fingerprint density at radius 2 is 1.81 bits per heavy atom. The molecule has 0 bridgehead atoms. The number of halogens is 3. The minimum atomic E-state index is -4.68. The molecule has 226 valence electrons. The number of carboxylic acids is 1. The molecule has 3 heterocycles. The molecular formula is C27H22F3N3O8S2. The third-order valence-electron chi connectivity index (χ3n) is 6.70. The minimum Gasteiger partial charge on any atom is -0.490 e. The smallest absolute Gasteiger partial charge is 0.418 e. The van der Waals surface area contributed by atoms with Crippen molar-refractivity contribution >= 4 is 52.5 Å². The van der Waals surface area contributed by atoms with Crippen LogP contribution in [0.15, 0.2) is 52.3 Å². The average molecular weight is 638 g/mol. The van der Waals surface area contributed by atoms with Gasteiger partial charge in [-0.25, -0.2) is 0 Å². The van der Waals surface area contributed by atoms with Gasteiger partial charge in [0.05, 0.1) is 28.8 Å². The number of aromatic nitrogens is 1. The Morgan fingerprint density at radius 3 is 2.51 bits per heavy atom. The number of hydrogen-bond acceptors (Lipinski definition) is 9. The van der Waals surface area contributed by atoms with Crippen molar-refractivity contribution in [2.75, 3.05) is 25.1 Å². The lowest BCUT2D eigenvalue weighted by Gasteiger charge is -2.30. The highest BCUT2D eigenvalue weighted by Crippen LogP contribution is 2.53. The summed E-state index contributed by atoms with van der Waals surface area (Å²) in [6.45, 7) is 0.388. The molecule has 0 saturated carbocycles. The zero-order valence-corrected chi connectivity index (χ0v) is 23.7. The van der Waals surface area contributed by atoms with Crippen LogP contribution in [0, 0.1) is 5.92 Å². The predicted molar refractivity (Wildman–Crippen MR) is 147 cm³/mol. The number of para-hydroxylation sites is 1. The normalized spacial score (nSPS) is 19.5. The van der Waals surface area contributed by atoms with Crippen LogP contribution in [-0.2, 0) is 25.4 Å². The van der Waals surface area contributed by atoms with Crippen LogP contribution in [0.3, 0.4) is 0 Å². The molecule has 0 aliphatic carbocycles. The van der Waals surface area contributed by atoms with E-state index in [-0.39, 0.29) is 18.1 Å². The van der Waals surface area contributed by atoms with Gasteiger partial charge < -0.3 is 24.9 Å². The molecule has 2 unspecified atom stereocenters. The molecular weight excluding hydrogens is 615 g/mol. The van der Waals surface area contributed by atoms with Crippen LogP contribution in [0.1, 0.15) is 28.8 Å². The van der Waals surface area contributed by atoms with Crippen molar-refractivity contribution in [3.8, 4) is 11.5 Å². The molecule has 11 nitrogen and oxygen atoms in total. The molecule has 0 spiro atoms. The van der Waals surface area contributed by atoms with Crippen LogP contribution in [0.2, 0.25) is 0 Å². The summed E-state index contributed by atoms with van der Waals surface area (Å²) in [6.07, 6.45) is -4.68. The number of alkyl halides is 3. The van der Waals surface area contributed by atoms with Gasteiger partial charge in [0.2, 0.25) is 11.8 Å². The maximum Gasteiger partial charge on any atom is 0.418 e. The number of ether oxygens (including phenoxy) is 2. The van der Waals surface area contributed by atoms with Gasteiger partial charge in [-0.2, -0.15) is 13.2 Å². The number of thioether (sulfide) groups is 1. The van der Waals surface area contributed by atoms with E-state index in [1.165, 1.54) is 24.3 Å². The van der Waals surface area contributed by atoms with Crippen LogP contribution in [-0.4, -0.2) is 63.7 Å². The van der Waals surface area contributed by atoms with E-state index < -0.39 is 76.2 Å². The van der Waals surface area contributed by atoms with Crippen molar-refractivity contribution in [1.82, 2.24) is 9.88 Å². The number of carbonyl (C=O) groups is 4. The molecule has 5 rings (SSSR count). The van der Waals surface area contributed by atoms with E-state index in [0.717, 1.165) is 35.2 Å². The predicted octanol–water partition coefficient (Wildman–Crippen LogP) is 3.55. The molecule has 2 aliphatic heterocycles. The summed E-state index contributed by atoms with van der Waals surface area (Å²) in [5, 5.41) is 10.9. The highest BCUT2D eigenvalue weighted by Gasteiger charge is 2.56. The van der Waals surface area contributed by atoms with Gasteiger partial charge in [0.15, 0.2) is 18.1 Å². The topological polar surface area (TPSA) is 155 Å². The van der Waals surface area contributed by atoms with E-state index in [0.29, 0.717) is 20.4 Å². The molecule has 16 heteroatoms. The second kappa shape index (κ2) is 11.8. The number of fused-ring (bicyclic) bond motifs is 2. The maximum atomic E-state index is 13.4. The lowest BCUT2D eigenvalue weighted by atomic mass is 9.83. The molecule has 3 atom stereocenters. The van der Waals surface area contributed by atoms with E-state index in [4.69, 9.17) is 9.47 Å². The Bertz CT molecular complexity index is 1670. The van der Waals surface area contributed by atoms with Crippen LogP contribution >= 0.6 is 23.1 Å². The fourth-order valence-electron chi connectivity index (χ4n) is 5.00. The van der Waals surface area contributed by atoms with Gasteiger partial charge in [0.25, 0.3) is 5.91 Å². The van der Waals surface area contributed by atoms with E-state index in [9.17, 15) is 42.3 Å². The number of carboxylic acid groups (broad SMARTS) is 1. The number of aliphatic carboxylic acids is 1. The van der Waals surface area contributed by atoms with Crippen molar-refractivity contribution in [1.29, 1.82) is 0 Å². The summed E-state index contributed by atoms with van der Waals surface area (Å²) in [6, 6.07) is 9.03. The Balaban J connectivity index is 1.42. The van der Waals surface area contributed by atoms with Crippen molar-refractivity contribution < 1.29 is 46.9 Å². The zero-order valence-electron chi connectivity index (χ0n) is 22.1. The number of rotatable bonds is 9. The number of hydrogen-bond donors (Lipinski definition) is 3. The highest BCUT2D eigenvalue weighted by molar-refractivity contribution is 8.00. The van der Waals surface area contributed by atoms with Gasteiger partial charge in [-0.3, -0.25) is 28.9 Å². The summed E-state index contributed by atoms with van der Waals surface area (Å²) in [5.74, 6) is -5.16. The molecule has 1 saturated heterocycles. The third kappa shape index (κ3) is 5.97. The molecule has 43 heavy (non-hydrogen) atoms. The molecule has 3 amide bonds. The summed E-state index contributed by atoms with van der Waals surface area (Å²) in [7, 11) is 0. The van der Waals surface area contributed by atoms with E-state index >= 15 is 0 Å². The van der Waals surface area contributed by atoms with Crippen LogP contribution in [0.25, 0.3) is 0 Å². The number of anilines is 1. The van der Waals surface area contributed by atoms with Crippen LogP contribution < -0.4 is 19.7 Å². The van der Waals surface area contributed by atoms with Crippen molar-refractivity contribution in [3.63, 3.8) is 0 Å². The first-order valence-electron chi connectivity index (χ1n) is 12.7. The summed E-state index contributed by atoms with van der Waals surface area (Å²) in [4.78, 5) is 65.9. The van der Waals surface area contributed by atoms with Gasteiger partial charge in [-0.05, 0) is 36.8 Å². The first kappa shape index (κ1) is 30.2. The molecule has 2 aromatic carbocycles. The Hall–Kier alpha value is -4.31. The second-order valence-corrected chi connectivity index (χ2v) is 11.6.